The number of hydrazine groups is 1. The van der Waals surface area contributed by atoms with Crippen molar-refractivity contribution in [2.75, 3.05) is 0 Å². The monoisotopic (exact) mass is 208 g/mol. The van der Waals surface area contributed by atoms with E-state index in [0.29, 0.717) is 5.92 Å². The standard InChI is InChI=1S/C11H20N4/c1-8-10(7-15(2)14-8)11(13-12)9-5-3-4-6-9/h7,9,11,13H,3-6,12H2,1-2H3. The van der Waals surface area contributed by atoms with E-state index in [0.717, 1.165) is 5.69 Å². The van der Waals surface area contributed by atoms with Crippen LogP contribution >= 0.6 is 0 Å². The largest absolute Gasteiger partial charge is 0.275 e. The number of rotatable bonds is 3. The molecule has 4 nitrogen and oxygen atoms in total. The molecule has 1 aromatic rings. The number of nitrogens with zero attached hydrogens (tertiary/aromatic N) is 2. The average molecular weight is 208 g/mol. The van der Waals surface area contributed by atoms with Gasteiger partial charge in [0.2, 0.25) is 0 Å². The molecule has 0 aliphatic heterocycles. The van der Waals surface area contributed by atoms with Crippen molar-refractivity contribution in [1.82, 2.24) is 15.2 Å². The molecule has 15 heavy (non-hydrogen) atoms. The van der Waals surface area contributed by atoms with E-state index in [1.165, 1.54) is 31.2 Å². The molecule has 84 valence electrons. The minimum Gasteiger partial charge on any atom is -0.275 e. The Labute approximate surface area is 90.8 Å². The Bertz CT molecular complexity index is 325. The molecule has 1 aliphatic carbocycles. The normalized spacial score (nSPS) is 19.7. The Kier molecular flexibility index (Phi) is 3.07. The van der Waals surface area contributed by atoms with Crippen LogP contribution in [-0.2, 0) is 7.05 Å². The Morgan fingerprint density at radius 1 is 1.53 bits per heavy atom. The van der Waals surface area contributed by atoms with Crippen LogP contribution in [0.15, 0.2) is 6.20 Å². The molecule has 1 fully saturated rings. The van der Waals surface area contributed by atoms with Gasteiger partial charge in [-0.05, 0) is 25.7 Å². The van der Waals surface area contributed by atoms with E-state index in [1.54, 1.807) is 0 Å². The maximum atomic E-state index is 5.68. The first-order valence-electron chi connectivity index (χ1n) is 5.68. The van der Waals surface area contributed by atoms with Crippen LogP contribution in [-0.4, -0.2) is 9.78 Å². The molecule has 3 N–H and O–H groups in total. The van der Waals surface area contributed by atoms with Crippen molar-refractivity contribution in [2.45, 2.75) is 38.6 Å². The first kappa shape index (κ1) is 10.6. The summed E-state index contributed by atoms with van der Waals surface area (Å²) in [7, 11) is 1.96. The molecule has 0 amide bonds. The fourth-order valence-electron chi connectivity index (χ4n) is 2.69. The minimum atomic E-state index is 0.279. The molecule has 0 bridgehead atoms. The molecule has 1 aromatic heterocycles. The van der Waals surface area contributed by atoms with Gasteiger partial charge in [0.05, 0.1) is 11.7 Å². The average Bonchev–Trinajstić information content (AvgIpc) is 2.79. The Hall–Kier alpha value is -0.870. The van der Waals surface area contributed by atoms with Crippen LogP contribution in [0, 0.1) is 12.8 Å². The predicted octanol–water partition coefficient (Wildman–Crippen LogP) is 1.42. The minimum absolute atomic E-state index is 0.279. The summed E-state index contributed by atoms with van der Waals surface area (Å²) >= 11 is 0. The highest BCUT2D eigenvalue weighted by atomic mass is 15.3. The van der Waals surface area contributed by atoms with E-state index < -0.39 is 0 Å². The van der Waals surface area contributed by atoms with Gasteiger partial charge in [0, 0.05) is 18.8 Å². The summed E-state index contributed by atoms with van der Waals surface area (Å²) in [6.07, 6.45) is 7.31. The van der Waals surface area contributed by atoms with E-state index >= 15 is 0 Å². The fraction of sp³-hybridized carbons (Fsp3) is 0.727. The van der Waals surface area contributed by atoms with E-state index in [-0.39, 0.29) is 6.04 Å². The summed E-state index contributed by atoms with van der Waals surface area (Å²) in [6.45, 7) is 2.05. The molecule has 1 aliphatic rings. The highest BCUT2D eigenvalue weighted by molar-refractivity contribution is 5.21. The van der Waals surface area contributed by atoms with E-state index in [2.05, 4.69) is 23.6 Å². The first-order chi connectivity index (χ1) is 7.22. The van der Waals surface area contributed by atoms with Gasteiger partial charge in [0.15, 0.2) is 0 Å². The van der Waals surface area contributed by atoms with E-state index in [1.807, 2.05) is 11.7 Å². The third-order valence-corrected chi connectivity index (χ3v) is 3.44. The van der Waals surface area contributed by atoms with Crippen molar-refractivity contribution in [3.8, 4) is 0 Å². The first-order valence-corrected chi connectivity index (χ1v) is 5.68. The maximum absolute atomic E-state index is 5.68. The van der Waals surface area contributed by atoms with E-state index in [4.69, 9.17) is 5.84 Å². The van der Waals surface area contributed by atoms with E-state index in [9.17, 15) is 0 Å². The fourth-order valence-corrected chi connectivity index (χ4v) is 2.69. The predicted molar refractivity (Wildman–Crippen MR) is 60.0 cm³/mol. The van der Waals surface area contributed by atoms with Gasteiger partial charge in [-0.25, -0.2) is 0 Å². The molecule has 1 atom stereocenters. The van der Waals surface area contributed by atoms with Crippen LogP contribution in [0.4, 0.5) is 0 Å². The van der Waals surface area contributed by atoms with Gasteiger partial charge in [0.25, 0.3) is 0 Å². The zero-order chi connectivity index (χ0) is 10.8. The van der Waals surface area contributed by atoms with Crippen molar-refractivity contribution in [3.63, 3.8) is 0 Å². The molecule has 1 unspecified atom stereocenters. The lowest BCUT2D eigenvalue weighted by atomic mass is 9.93. The molecule has 0 saturated heterocycles. The zero-order valence-electron chi connectivity index (χ0n) is 9.53. The molecule has 0 aromatic carbocycles. The number of aryl methyl sites for hydroxylation is 2. The van der Waals surface area contributed by atoms with Gasteiger partial charge < -0.3 is 0 Å². The number of hydrogen-bond donors (Lipinski definition) is 2. The number of nitrogens with one attached hydrogen (secondary N) is 1. The third kappa shape index (κ3) is 2.06. The maximum Gasteiger partial charge on any atom is 0.0642 e. The van der Waals surface area contributed by atoms with Gasteiger partial charge in [-0.1, -0.05) is 12.8 Å². The van der Waals surface area contributed by atoms with Gasteiger partial charge in [-0.15, -0.1) is 0 Å². The molecule has 1 heterocycles. The number of nitrogens with two attached hydrogens (primary N) is 1. The zero-order valence-corrected chi connectivity index (χ0v) is 9.53. The molecule has 2 rings (SSSR count). The summed E-state index contributed by atoms with van der Waals surface area (Å²) in [5.74, 6) is 6.35. The second kappa shape index (κ2) is 4.33. The lowest BCUT2D eigenvalue weighted by Gasteiger charge is -2.21. The summed E-state index contributed by atoms with van der Waals surface area (Å²) in [6, 6.07) is 0.279. The van der Waals surface area contributed by atoms with Crippen molar-refractivity contribution in [3.05, 3.63) is 17.5 Å². The number of aromatic nitrogens is 2. The quantitative estimate of drug-likeness (QED) is 0.583. The summed E-state index contributed by atoms with van der Waals surface area (Å²) in [5.41, 5.74) is 5.31. The van der Waals surface area contributed by atoms with Crippen molar-refractivity contribution >= 4 is 0 Å². The van der Waals surface area contributed by atoms with Crippen molar-refractivity contribution in [2.24, 2.45) is 18.8 Å². The molecular weight excluding hydrogens is 188 g/mol. The lowest BCUT2D eigenvalue weighted by molar-refractivity contribution is 0.372. The second-order valence-corrected chi connectivity index (χ2v) is 4.53. The van der Waals surface area contributed by atoms with Gasteiger partial charge >= 0.3 is 0 Å². The Balaban J connectivity index is 2.21. The summed E-state index contributed by atoms with van der Waals surface area (Å²) in [4.78, 5) is 0. The summed E-state index contributed by atoms with van der Waals surface area (Å²) in [5, 5.41) is 4.37. The molecular formula is C11H20N4. The Morgan fingerprint density at radius 3 is 2.67 bits per heavy atom. The Morgan fingerprint density at radius 2 is 2.20 bits per heavy atom. The lowest BCUT2D eigenvalue weighted by Crippen LogP contribution is -2.32. The van der Waals surface area contributed by atoms with Crippen LogP contribution in [0.2, 0.25) is 0 Å². The SMILES string of the molecule is Cc1nn(C)cc1C(NN)C1CCCC1. The molecule has 0 spiro atoms. The van der Waals surface area contributed by atoms with Crippen molar-refractivity contribution < 1.29 is 0 Å². The van der Waals surface area contributed by atoms with Gasteiger partial charge in [-0.3, -0.25) is 16.0 Å². The van der Waals surface area contributed by atoms with Gasteiger partial charge in [-0.2, -0.15) is 5.10 Å². The highest BCUT2D eigenvalue weighted by Gasteiger charge is 2.27. The molecule has 1 saturated carbocycles. The van der Waals surface area contributed by atoms with Crippen LogP contribution in [0.25, 0.3) is 0 Å². The smallest absolute Gasteiger partial charge is 0.0642 e. The number of hydrogen-bond acceptors (Lipinski definition) is 3. The van der Waals surface area contributed by atoms with Crippen molar-refractivity contribution in [1.29, 1.82) is 0 Å². The molecule has 4 heteroatoms. The molecule has 0 radical (unpaired) electrons. The third-order valence-electron chi connectivity index (χ3n) is 3.44. The second-order valence-electron chi connectivity index (χ2n) is 4.53. The van der Waals surface area contributed by atoms with Crippen LogP contribution in [0.1, 0.15) is 43.0 Å². The topological polar surface area (TPSA) is 55.9 Å². The van der Waals surface area contributed by atoms with Crippen LogP contribution < -0.4 is 11.3 Å². The highest BCUT2D eigenvalue weighted by Crippen LogP contribution is 2.35. The van der Waals surface area contributed by atoms with Crippen LogP contribution in [0.3, 0.4) is 0 Å². The van der Waals surface area contributed by atoms with Crippen LogP contribution in [0.5, 0.6) is 0 Å². The van der Waals surface area contributed by atoms with Gasteiger partial charge in [0.1, 0.15) is 0 Å². The summed E-state index contributed by atoms with van der Waals surface area (Å²) < 4.78 is 1.87.